The van der Waals surface area contributed by atoms with Crippen molar-refractivity contribution in [2.24, 2.45) is 5.92 Å². The van der Waals surface area contributed by atoms with Gasteiger partial charge in [-0.3, -0.25) is 4.79 Å². The van der Waals surface area contributed by atoms with Gasteiger partial charge in [0.2, 0.25) is 5.91 Å². The van der Waals surface area contributed by atoms with Crippen molar-refractivity contribution in [3.05, 3.63) is 12.2 Å². The normalized spacial score (nSPS) is 26.5. The summed E-state index contributed by atoms with van der Waals surface area (Å²) >= 11 is 0. The van der Waals surface area contributed by atoms with Crippen molar-refractivity contribution in [2.75, 3.05) is 26.3 Å². The number of hydrogen-bond donors (Lipinski definition) is 1. The van der Waals surface area contributed by atoms with E-state index in [-0.39, 0.29) is 17.9 Å². The van der Waals surface area contributed by atoms with Crippen molar-refractivity contribution >= 4 is 5.91 Å². The summed E-state index contributed by atoms with van der Waals surface area (Å²) in [7, 11) is 0. The van der Waals surface area contributed by atoms with E-state index in [1.54, 1.807) is 6.33 Å². The van der Waals surface area contributed by atoms with Gasteiger partial charge in [-0.05, 0) is 6.54 Å². The van der Waals surface area contributed by atoms with E-state index in [0.717, 1.165) is 25.5 Å². The van der Waals surface area contributed by atoms with Crippen molar-refractivity contribution < 1.29 is 9.53 Å². The molecule has 2 unspecified atom stereocenters. The van der Waals surface area contributed by atoms with Gasteiger partial charge in [-0.25, -0.2) is 0 Å². The van der Waals surface area contributed by atoms with E-state index in [1.807, 2.05) is 16.4 Å². The fraction of sp³-hybridized carbons (Fsp3) is 0.750. The van der Waals surface area contributed by atoms with Crippen LogP contribution in [-0.2, 0) is 22.6 Å². The highest BCUT2D eigenvalue weighted by molar-refractivity contribution is 5.80. The number of hydrogen-bond acceptors (Lipinski definition) is 5. The molecule has 1 saturated heterocycles. The van der Waals surface area contributed by atoms with Gasteiger partial charge in [0.1, 0.15) is 6.33 Å². The van der Waals surface area contributed by atoms with Crippen LogP contribution in [0.4, 0.5) is 0 Å². The number of nitrogens with one attached hydrogen (secondary N) is 1. The fourth-order valence-corrected chi connectivity index (χ4v) is 2.75. The second kappa shape index (κ2) is 5.26. The van der Waals surface area contributed by atoms with Crippen LogP contribution in [0, 0.1) is 5.92 Å². The minimum atomic E-state index is -0.0746. The highest BCUT2D eigenvalue weighted by atomic mass is 16.5. The van der Waals surface area contributed by atoms with E-state index in [9.17, 15) is 4.79 Å². The third-order valence-electron chi connectivity index (χ3n) is 3.81. The molecule has 1 N–H and O–H groups in total. The van der Waals surface area contributed by atoms with Crippen LogP contribution in [0.3, 0.4) is 0 Å². The monoisotopic (exact) mass is 265 g/mol. The molecular weight excluding hydrogens is 246 g/mol. The second-order valence-electron chi connectivity index (χ2n) is 5.01. The van der Waals surface area contributed by atoms with Gasteiger partial charge < -0.3 is 19.5 Å². The maximum absolute atomic E-state index is 12.6. The van der Waals surface area contributed by atoms with Crippen LogP contribution in [0.15, 0.2) is 6.33 Å². The molecule has 2 atom stereocenters. The molecule has 0 aromatic carbocycles. The van der Waals surface area contributed by atoms with Crippen LogP contribution in [-0.4, -0.2) is 57.9 Å². The Bertz CT molecular complexity index is 461. The molecule has 1 aromatic rings. The van der Waals surface area contributed by atoms with Crippen molar-refractivity contribution in [3.8, 4) is 0 Å². The molecule has 3 rings (SSSR count). The van der Waals surface area contributed by atoms with E-state index in [4.69, 9.17) is 4.74 Å². The maximum atomic E-state index is 12.6. The SMILES string of the molecule is CCNC1COCC1C(=O)N1CCn2cnnc2C1. The van der Waals surface area contributed by atoms with Crippen molar-refractivity contribution in [2.45, 2.75) is 26.1 Å². The summed E-state index contributed by atoms with van der Waals surface area (Å²) in [5.41, 5.74) is 0. The molecule has 0 bridgehead atoms. The Balaban J connectivity index is 1.68. The van der Waals surface area contributed by atoms with Crippen LogP contribution in [0.1, 0.15) is 12.7 Å². The lowest BCUT2D eigenvalue weighted by Gasteiger charge is -2.30. The Morgan fingerprint density at radius 3 is 3.26 bits per heavy atom. The highest BCUT2D eigenvalue weighted by Crippen LogP contribution is 2.19. The van der Waals surface area contributed by atoms with Crippen LogP contribution in [0.25, 0.3) is 0 Å². The van der Waals surface area contributed by atoms with E-state index < -0.39 is 0 Å². The largest absolute Gasteiger partial charge is 0.379 e. The van der Waals surface area contributed by atoms with Crippen LogP contribution in [0.5, 0.6) is 0 Å². The summed E-state index contributed by atoms with van der Waals surface area (Å²) < 4.78 is 7.44. The van der Waals surface area contributed by atoms with Gasteiger partial charge in [-0.2, -0.15) is 0 Å². The highest BCUT2D eigenvalue weighted by Gasteiger charge is 2.37. The average molecular weight is 265 g/mol. The molecule has 3 heterocycles. The number of likely N-dealkylation sites (N-methyl/N-ethyl adjacent to an activating group) is 1. The minimum Gasteiger partial charge on any atom is -0.379 e. The number of carbonyl (C=O) groups is 1. The van der Waals surface area contributed by atoms with Gasteiger partial charge in [0.15, 0.2) is 5.82 Å². The first-order valence-corrected chi connectivity index (χ1v) is 6.76. The molecule has 1 aromatic heterocycles. The summed E-state index contributed by atoms with van der Waals surface area (Å²) in [5, 5.41) is 11.2. The van der Waals surface area contributed by atoms with Crippen LogP contribution < -0.4 is 5.32 Å². The molecule has 0 radical (unpaired) electrons. The Labute approximate surface area is 111 Å². The van der Waals surface area contributed by atoms with E-state index >= 15 is 0 Å². The molecule has 1 fully saturated rings. The van der Waals surface area contributed by atoms with Crippen LogP contribution in [0.2, 0.25) is 0 Å². The molecule has 1 amide bonds. The van der Waals surface area contributed by atoms with Gasteiger partial charge in [0, 0.05) is 19.1 Å². The molecule has 2 aliphatic heterocycles. The van der Waals surface area contributed by atoms with Gasteiger partial charge in [0.05, 0.1) is 25.7 Å². The zero-order chi connectivity index (χ0) is 13.2. The van der Waals surface area contributed by atoms with Gasteiger partial charge in [-0.1, -0.05) is 6.92 Å². The van der Waals surface area contributed by atoms with Crippen molar-refractivity contribution in [3.63, 3.8) is 0 Å². The topological polar surface area (TPSA) is 72.3 Å². The first kappa shape index (κ1) is 12.6. The summed E-state index contributed by atoms with van der Waals surface area (Å²) in [6.45, 7) is 6.07. The van der Waals surface area contributed by atoms with Crippen molar-refractivity contribution in [1.29, 1.82) is 0 Å². The summed E-state index contributed by atoms with van der Waals surface area (Å²) in [6.07, 6.45) is 1.72. The Kier molecular flexibility index (Phi) is 3.48. The number of fused-ring (bicyclic) bond motifs is 1. The summed E-state index contributed by atoms with van der Waals surface area (Å²) in [4.78, 5) is 14.4. The predicted molar refractivity (Wildman–Crippen MR) is 67.2 cm³/mol. The molecule has 104 valence electrons. The first-order chi connectivity index (χ1) is 9.29. The third-order valence-corrected chi connectivity index (χ3v) is 3.81. The average Bonchev–Trinajstić information content (AvgIpc) is 3.05. The zero-order valence-electron chi connectivity index (χ0n) is 11.1. The zero-order valence-corrected chi connectivity index (χ0v) is 11.1. The van der Waals surface area contributed by atoms with Gasteiger partial charge >= 0.3 is 0 Å². The number of nitrogens with zero attached hydrogens (tertiary/aromatic N) is 4. The molecule has 2 aliphatic rings. The molecule has 19 heavy (non-hydrogen) atoms. The van der Waals surface area contributed by atoms with Crippen molar-refractivity contribution in [1.82, 2.24) is 25.0 Å². The lowest BCUT2D eigenvalue weighted by atomic mass is 10.0. The first-order valence-electron chi connectivity index (χ1n) is 6.76. The Morgan fingerprint density at radius 2 is 2.42 bits per heavy atom. The van der Waals surface area contributed by atoms with E-state index in [1.165, 1.54) is 0 Å². The quantitative estimate of drug-likeness (QED) is 0.778. The van der Waals surface area contributed by atoms with Gasteiger partial charge in [-0.15, -0.1) is 10.2 Å². The fourth-order valence-electron chi connectivity index (χ4n) is 2.75. The molecule has 7 heteroatoms. The molecule has 0 aliphatic carbocycles. The minimum absolute atomic E-state index is 0.0746. The Hall–Kier alpha value is -1.47. The van der Waals surface area contributed by atoms with Crippen LogP contribution >= 0.6 is 0 Å². The maximum Gasteiger partial charge on any atom is 0.230 e. The molecule has 0 saturated carbocycles. The Morgan fingerprint density at radius 1 is 1.53 bits per heavy atom. The predicted octanol–water partition coefficient (Wildman–Crippen LogP) is -0.755. The standard InChI is InChI=1S/C12H19N5O2/c1-2-13-10-7-19-6-9(10)12(18)16-3-4-17-8-14-15-11(17)5-16/h8-10,13H,2-7H2,1H3. The van der Waals surface area contributed by atoms with Gasteiger partial charge in [0.25, 0.3) is 0 Å². The molecule has 7 nitrogen and oxygen atoms in total. The third kappa shape index (κ3) is 2.35. The second-order valence-corrected chi connectivity index (χ2v) is 5.01. The summed E-state index contributed by atoms with van der Waals surface area (Å²) in [6, 6.07) is 0.136. The summed E-state index contributed by atoms with van der Waals surface area (Å²) in [5.74, 6) is 0.950. The lowest BCUT2D eigenvalue weighted by Crippen LogP contribution is -2.47. The van der Waals surface area contributed by atoms with E-state index in [0.29, 0.717) is 19.8 Å². The number of aromatic nitrogens is 3. The number of carbonyl (C=O) groups excluding carboxylic acids is 1. The molecule has 0 spiro atoms. The lowest BCUT2D eigenvalue weighted by molar-refractivity contribution is -0.137. The smallest absolute Gasteiger partial charge is 0.230 e. The number of ether oxygens (including phenoxy) is 1. The van der Waals surface area contributed by atoms with E-state index in [2.05, 4.69) is 15.5 Å². The number of rotatable bonds is 3. The number of amides is 1. The molecular formula is C12H19N5O2.